The number of aliphatic hydroxyl groups is 1. The van der Waals surface area contributed by atoms with Gasteiger partial charge in [0.05, 0.1) is 6.61 Å². The summed E-state index contributed by atoms with van der Waals surface area (Å²) in [6.45, 7) is 2.41. The second-order valence-electron chi connectivity index (χ2n) is 7.77. The van der Waals surface area contributed by atoms with E-state index in [4.69, 9.17) is 22.1 Å². The second-order valence-corrected chi connectivity index (χ2v) is 9.32. The lowest BCUT2D eigenvalue weighted by molar-refractivity contribution is 0.198. The van der Waals surface area contributed by atoms with Crippen LogP contribution in [0.2, 0.25) is 5.02 Å². The van der Waals surface area contributed by atoms with Crippen LogP contribution in [-0.2, 0) is 13.0 Å². The third-order valence-corrected chi connectivity index (χ3v) is 6.20. The van der Waals surface area contributed by atoms with Crippen molar-refractivity contribution >= 4 is 23.4 Å². The maximum atomic E-state index is 9.27. The van der Waals surface area contributed by atoms with Crippen molar-refractivity contribution in [1.82, 2.24) is 0 Å². The normalized spacial score (nSPS) is 13.1. The molecule has 5 heteroatoms. The van der Waals surface area contributed by atoms with Crippen LogP contribution in [0.4, 0.5) is 0 Å². The van der Waals surface area contributed by atoms with Gasteiger partial charge in [0.15, 0.2) is 0 Å². The predicted octanol–water partition coefficient (Wildman–Crippen LogP) is 6.10. The second kappa shape index (κ2) is 10.9. The van der Waals surface area contributed by atoms with Gasteiger partial charge < -0.3 is 15.6 Å². The topological polar surface area (TPSA) is 55.5 Å². The summed E-state index contributed by atoms with van der Waals surface area (Å²) in [4.78, 5) is 2.19. The fourth-order valence-electron chi connectivity index (χ4n) is 3.06. The maximum absolute atomic E-state index is 9.27. The Bertz CT molecular complexity index is 947. The summed E-state index contributed by atoms with van der Waals surface area (Å²) in [5.74, 6) is 0.847. The number of aliphatic hydroxyl groups excluding tert-OH is 1. The van der Waals surface area contributed by atoms with Gasteiger partial charge in [0.2, 0.25) is 0 Å². The summed E-state index contributed by atoms with van der Waals surface area (Å²) in [6.07, 6.45) is 2.49. The van der Waals surface area contributed by atoms with Crippen LogP contribution in [0.5, 0.6) is 5.75 Å². The van der Waals surface area contributed by atoms with Gasteiger partial charge in [-0.3, -0.25) is 0 Å². The van der Waals surface area contributed by atoms with E-state index in [0.29, 0.717) is 6.61 Å². The Morgan fingerprint density at radius 1 is 1.00 bits per heavy atom. The molecule has 1 atom stereocenters. The highest BCUT2D eigenvalue weighted by molar-refractivity contribution is 7.99. The van der Waals surface area contributed by atoms with Crippen LogP contribution < -0.4 is 10.5 Å². The van der Waals surface area contributed by atoms with Gasteiger partial charge in [0.25, 0.3) is 0 Å². The van der Waals surface area contributed by atoms with Crippen LogP contribution in [0.3, 0.4) is 0 Å². The monoisotopic (exact) mass is 441 g/mol. The highest BCUT2D eigenvalue weighted by atomic mass is 35.5. The number of hydrogen-bond acceptors (Lipinski definition) is 4. The van der Waals surface area contributed by atoms with E-state index in [2.05, 4.69) is 30.3 Å². The summed E-state index contributed by atoms with van der Waals surface area (Å²) in [7, 11) is 0. The molecule has 3 aromatic carbocycles. The molecule has 0 heterocycles. The predicted molar refractivity (Wildman–Crippen MR) is 125 cm³/mol. The van der Waals surface area contributed by atoms with E-state index in [1.54, 1.807) is 11.8 Å². The van der Waals surface area contributed by atoms with Crippen molar-refractivity contribution in [1.29, 1.82) is 0 Å². The fourth-order valence-corrected chi connectivity index (χ4v) is 4.31. The lowest BCUT2D eigenvalue weighted by Crippen LogP contribution is -2.40. The fraction of sp³-hybridized carbons (Fsp3) is 0.280. The molecule has 3 aromatic rings. The molecule has 0 bridgehead atoms. The zero-order valence-electron chi connectivity index (χ0n) is 17.2. The van der Waals surface area contributed by atoms with Crippen molar-refractivity contribution in [2.45, 2.75) is 48.1 Å². The van der Waals surface area contributed by atoms with Crippen molar-refractivity contribution in [3.8, 4) is 5.75 Å². The third kappa shape index (κ3) is 7.06. The minimum Gasteiger partial charge on any atom is -0.489 e. The summed E-state index contributed by atoms with van der Waals surface area (Å²) < 4.78 is 5.93. The lowest BCUT2D eigenvalue weighted by Gasteiger charge is -2.21. The Morgan fingerprint density at radius 3 is 2.50 bits per heavy atom. The number of aryl methyl sites for hydroxylation is 1. The van der Waals surface area contributed by atoms with Crippen LogP contribution >= 0.6 is 23.4 Å². The molecule has 3 nitrogen and oxygen atoms in total. The SMILES string of the molecule is C[C@](N)(CO)CCCc1ccc(Sc2cccc(OCc3ccccc3)c2)cc1Cl. The maximum Gasteiger partial charge on any atom is 0.120 e. The molecule has 3 rings (SSSR count). The van der Waals surface area contributed by atoms with E-state index in [1.807, 2.05) is 49.4 Å². The number of benzene rings is 3. The van der Waals surface area contributed by atoms with Crippen LogP contribution in [0.1, 0.15) is 30.9 Å². The molecular weight excluding hydrogens is 414 g/mol. The molecule has 0 unspecified atom stereocenters. The van der Waals surface area contributed by atoms with Crippen LogP contribution in [-0.4, -0.2) is 17.3 Å². The number of halogens is 1. The molecule has 0 spiro atoms. The van der Waals surface area contributed by atoms with E-state index in [-0.39, 0.29) is 6.61 Å². The van der Waals surface area contributed by atoms with Gasteiger partial charge in [0.1, 0.15) is 12.4 Å². The number of ether oxygens (including phenoxy) is 1. The average Bonchev–Trinajstić information content (AvgIpc) is 2.75. The van der Waals surface area contributed by atoms with Gasteiger partial charge >= 0.3 is 0 Å². The zero-order valence-corrected chi connectivity index (χ0v) is 18.8. The molecule has 0 aliphatic heterocycles. The first-order chi connectivity index (χ1) is 14.4. The van der Waals surface area contributed by atoms with E-state index in [9.17, 15) is 5.11 Å². The van der Waals surface area contributed by atoms with Gasteiger partial charge in [-0.1, -0.05) is 65.8 Å². The molecule has 0 amide bonds. The molecule has 0 fully saturated rings. The van der Waals surface area contributed by atoms with Gasteiger partial charge in [-0.2, -0.15) is 0 Å². The Balaban J connectivity index is 1.57. The largest absolute Gasteiger partial charge is 0.489 e. The van der Waals surface area contributed by atoms with Gasteiger partial charge in [-0.25, -0.2) is 0 Å². The first-order valence-corrected chi connectivity index (χ1v) is 11.3. The van der Waals surface area contributed by atoms with Crippen molar-refractivity contribution in [2.24, 2.45) is 5.73 Å². The van der Waals surface area contributed by atoms with Crippen LogP contribution in [0, 0.1) is 0 Å². The standard InChI is InChI=1S/C25H28ClNO2S/c1-25(27,18-28)14-6-9-20-12-13-23(16-24(20)26)30-22-11-5-10-21(15-22)29-17-19-7-3-2-4-8-19/h2-5,7-8,10-13,15-16,28H,6,9,14,17-18,27H2,1H3/t25-/m1/s1. The van der Waals surface area contributed by atoms with E-state index < -0.39 is 5.54 Å². The van der Waals surface area contributed by atoms with Crippen LogP contribution in [0.25, 0.3) is 0 Å². The highest BCUT2D eigenvalue weighted by Crippen LogP contribution is 2.33. The molecule has 0 saturated carbocycles. The van der Waals surface area contributed by atoms with Gasteiger partial charge in [-0.15, -0.1) is 0 Å². The summed E-state index contributed by atoms with van der Waals surface area (Å²) in [5.41, 5.74) is 7.72. The molecule has 0 aliphatic rings. The molecule has 158 valence electrons. The van der Waals surface area contributed by atoms with E-state index in [1.165, 1.54) is 0 Å². The Labute approximate surface area is 188 Å². The van der Waals surface area contributed by atoms with Crippen molar-refractivity contribution in [3.05, 3.63) is 88.9 Å². The quantitative estimate of drug-likeness (QED) is 0.399. The zero-order chi connectivity index (χ0) is 21.4. The summed E-state index contributed by atoms with van der Waals surface area (Å²) in [5, 5.41) is 10.0. The van der Waals surface area contributed by atoms with Crippen molar-refractivity contribution in [2.75, 3.05) is 6.61 Å². The first kappa shape index (κ1) is 22.7. The minimum atomic E-state index is -0.532. The molecule has 3 N–H and O–H groups in total. The molecule has 0 aliphatic carbocycles. The third-order valence-electron chi connectivity index (χ3n) is 4.87. The van der Waals surface area contributed by atoms with Crippen LogP contribution in [0.15, 0.2) is 82.6 Å². The van der Waals surface area contributed by atoms with E-state index in [0.717, 1.165) is 51.0 Å². The molecular formula is C25H28ClNO2S. The molecule has 30 heavy (non-hydrogen) atoms. The summed E-state index contributed by atoms with van der Waals surface area (Å²) in [6, 6.07) is 24.4. The highest BCUT2D eigenvalue weighted by Gasteiger charge is 2.16. The number of hydrogen-bond donors (Lipinski definition) is 2. The lowest BCUT2D eigenvalue weighted by atomic mass is 9.95. The molecule has 0 radical (unpaired) electrons. The summed E-state index contributed by atoms with van der Waals surface area (Å²) >= 11 is 8.17. The first-order valence-electron chi connectivity index (χ1n) is 10.1. The van der Waals surface area contributed by atoms with Crippen molar-refractivity contribution in [3.63, 3.8) is 0 Å². The Kier molecular flexibility index (Phi) is 8.23. The molecule has 0 aromatic heterocycles. The Morgan fingerprint density at radius 2 is 1.77 bits per heavy atom. The molecule has 0 saturated heterocycles. The minimum absolute atomic E-state index is 0.00949. The van der Waals surface area contributed by atoms with Gasteiger partial charge in [-0.05, 0) is 67.6 Å². The van der Waals surface area contributed by atoms with Crippen molar-refractivity contribution < 1.29 is 9.84 Å². The van der Waals surface area contributed by atoms with Gasteiger partial charge in [0, 0.05) is 20.4 Å². The average molecular weight is 442 g/mol. The number of nitrogens with two attached hydrogens (primary N) is 1. The number of rotatable bonds is 10. The van der Waals surface area contributed by atoms with E-state index >= 15 is 0 Å². The smallest absolute Gasteiger partial charge is 0.120 e. The Hall–Kier alpha value is -1.98.